The van der Waals surface area contributed by atoms with Gasteiger partial charge in [-0.1, -0.05) is 41.7 Å². The van der Waals surface area contributed by atoms with Crippen LogP contribution in [0, 0.1) is 6.92 Å². The topological polar surface area (TPSA) is 125 Å². The van der Waals surface area contributed by atoms with Gasteiger partial charge in [0.25, 0.3) is 5.56 Å². The van der Waals surface area contributed by atoms with Crippen LogP contribution >= 0.6 is 22.7 Å². The highest BCUT2D eigenvalue weighted by Gasteiger charge is 2.21. The predicted octanol–water partition coefficient (Wildman–Crippen LogP) is 2.76. The lowest BCUT2D eigenvalue weighted by molar-refractivity contribution is -0.116. The number of hydrogen-bond donors (Lipinski definition) is 1. The molecule has 0 aliphatic carbocycles. The lowest BCUT2D eigenvalue weighted by Crippen LogP contribution is -2.27. The first-order chi connectivity index (χ1) is 16.0. The maximum absolute atomic E-state index is 13.0. The van der Waals surface area contributed by atoms with E-state index in [2.05, 4.69) is 20.5 Å². The zero-order chi connectivity index (χ0) is 23.4. The van der Waals surface area contributed by atoms with E-state index in [0.717, 1.165) is 16.9 Å². The van der Waals surface area contributed by atoms with Crippen LogP contribution in [0.15, 0.2) is 41.5 Å². The highest BCUT2D eigenvalue weighted by atomic mass is 32.1. The van der Waals surface area contributed by atoms with E-state index in [-0.39, 0.29) is 13.2 Å². The maximum Gasteiger partial charge on any atom is 0.349 e. The van der Waals surface area contributed by atoms with E-state index in [4.69, 9.17) is 9.47 Å². The van der Waals surface area contributed by atoms with Crippen LogP contribution in [0.5, 0.6) is 0 Å². The predicted molar refractivity (Wildman–Crippen MR) is 123 cm³/mol. The number of hydrogen-bond acceptors (Lipinski definition) is 10. The van der Waals surface area contributed by atoms with Crippen LogP contribution in [0.3, 0.4) is 0 Å². The molecule has 1 aromatic carbocycles. The molecule has 33 heavy (non-hydrogen) atoms. The van der Waals surface area contributed by atoms with Crippen molar-refractivity contribution in [2.75, 3.05) is 12.4 Å². The summed E-state index contributed by atoms with van der Waals surface area (Å²) in [6.07, 6.45) is 1.29. The third-order valence-corrected chi connectivity index (χ3v) is 6.60. The van der Waals surface area contributed by atoms with E-state index in [1.165, 1.54) is 29.3 Å². The number of carbonyl (C=O) groups is 2. The molecule has 12 heteroatoms. The molecule has 0 saturated heterocycles. The second-order valence-electron chi connectivity index (χ2n) is 6.96. The number of nitrogens with one attached hydrogen (secondary N) is 1. The minimum Gasteiger partial charge on any atom is -0.457 e. The Hall–Kier alpha value is -3.48. The van der Waals surface area contributed by atoms with Crippen LogP contribution in [0.1, 0.15) is 25.8 Å². The fourth-order valence-electron chi connectivity index (χ4n) is 3.05. The minimum absolute atomic E-state index is 0.128. The number of nitrogens with zero attached hydrogens (tertiary/aromatic N) is 4. The third kappa shape index (κ3) is 5.13. The number of amides is 1. The number of aryl methyl sites for hydroxylation is 1. The lowest BCUT2D eigenvalue weighted by Gasteiger charge is -2.05. The van der Waals surface area contributed by atoms with Gasteiger partial charge in [0.2, 0.25) is 11.0 Å². The fourth-order valence-corrected chi connectivity index (χ4v) is 4.82. The number of rotatable bonds is 8. The summed E-state index contributed by atoms with van der Waals surface area (Å²) in [5, 5.41) is 11.6. The van der Waals surface area contributed by atoms with Crippen LogP contribution in [0.25, 0.3) is 10.2 Å². The number of ether oxygens (including phenoxy) is 2. The van der Waals surface area contributed by atoms with Gasteiger partial charge in [-0.05, 0) is 18.1 Å². The average Bonchev–Trinajstić information content (AvgIpc) is 3.39. The Balaban J connectivity index is 1.49. The SMILES string of the molecule is COCc1nnc(NC(=O)Cn2cnc3sc(C(=O)OCc4ccccc4)c(C)c3c2=O)s1. The van der Waals surface area contributed by atoms with E-state index in [0.29, 0.717) is 37.4 Å². The van der Waals surface area contributed by atoms with Crippen molar-refractivity contribution in [1.82, 2.24) is 19.7 Å². The monoisotopic (exact) mass is 485 g/mol. The molecular weight excluding hydrogens is 466 g/mol. The summed E-state index contributed by atoms with van der Waals surface area (Å²) < 4.78 is 11.6. The first-order valence-corrected chi connectivity index (χ1v) is 11.4. The molecule has 4 aromatic rings. The second-order valence-corrected chi connectivity index (χ2v) is 9.02. The number of anilines is 1. The summed E-state index contributed by atoms with van der Waals surface area (Å²) in [6.45, 7) is 1.83. The summed E-state index contributed by atoms with van der Waals surface area (Å²) in [5.74, 6) is -0.972. The van der Waals surface area contributed by atoms with Crippen molar-refractivity contribution in [2.24, 2.45) is 0 Å². The Morgan fingerprint density at radius 3 is 2.67 bits per heavy atom. The third-order valence-electron chi connectivity index (χ3n) is 4.61. The molecule has 0 saturated carbocycles. The Morgan fingerprint density at radius 2 is 1.91 bits per heavy atom. The van der Waals surface area contributed by atoms with E-state index in [1.54, 1.807) is 6.92 Å². The summed E-state index contributed by atoms with van der Waals surface area (Å²) in [6, 6.07) is 9.32. The first-order valence-electron chi connectivity index (χ1n) is 9.77. The van der Waals surface area contributed by atoms with Gasteiger partial charge in [-0.15, -0.1) is 21.5 Å². The van der Waals surface area contributed by atoms with Crippen molar-refractivity contribution >= 4 is 49.9 Å². The Morgan fingerprint density at radius 1 is 1.12 bits per heavy atom. The molecule has 0 aliphatic heterocycles. The number of benzene rings is 1. The zero-order valence-corrected chi connectivity index (χ0v) is 19.4. The highest BCUT2D eigenvalue weighted by molar-refractivity contribution is 7.20. The molecule has 0 spiro atoms. The standard InChI is InChI=1S/C21H19N5O5S2/c1-12-16-18(33-17(12)20(29)31-9-13-6-4-3-5-7-13)22-11-26(19(16)28)8-14(27)23-21-25-24-15(32-21)10-30-2/h3-7,11H,8-10H2,1-2H3,(H,23,25,27). The van der Waals surface area contributed by atoms with Gasteiger partial charge in [-0.2, -0.15) is 0 Å². The highest BCUT2D eigenvalue weighted by Crippen LogP contribution is 2.27. The van der Waals surface area contributed by atoms with E-state index in [9.17, 15) is 14.4 Å². The molecular formula is C21H19N5O5S2. The van der Waals surface area contributed by atoms with Gasteiger partial charge in [0, 0.05) is 7.11 Å². The maximum atomic E-state index is 13.0. The van der Waals surface area contributed by atoms with E-state index < -0.39 is 17.4 Å². The Bertz CT molecular complexity index is 1360. The molecule has 0 aliphatic rings. The van der Waals surface area contributed by atoms with E-state index in [1.807, 2.05) is 30.3 Å². The summed E-state index contributed by atoms with van der Waals surface area (Å²) >= 11 is 2.27. The van der Waals surface area contributed by atoms with E-state index >= 15 is 0 Å². The average molecular weight is 486 g/mol. The van der Waals surface area contributed by atoms with Crippen LogP contribution in [0.2, 0.25) is 0 Å². The van der Waals surface area contributed by atoms with Crippen molar-refractivity contribution in [2.45, 2.75) is 26.7 Å². The smallest absolute Gasteiger partial charge is 0.349 e. The molecule has 1 amide bonds. The number of methoxy groups -OCH3 is 1. The summed E-state index contributed by atoms with van der Waals surface area (Å²) in [4.78, 5) is 43.0. The first kappa shape index (κ1) is 22.7. The zero-order valence-electron chi connectivity index (χ0n) is 17.7. The molecule has 0 radical (unpaired) electrons. The molecule has 0 atom stereocenters. The van der Waals surface area contributed by atoms with Crippen molar-refractivity contribution in [3.63, 3.8) is 0 Å². The number of fused-ring (bicyclic) bond motifs is 1. The summed E-state index contributed by atoms with van der Waals surface area (Å²) in [5.41, 5.74) is 0.929. The number of esters is 1. The van der Waals surface area contributed by atoms with Gasteiger partial charge in [0.05, 0.1) is 11.7 Å². The van der Waals surface area contributed by atoms with Gasteiger partial charge in [-0.25, -0.2) is 9.78 Å². The summed E-state index contributed by atoms with van der Waals surface area (Å²) in [7, 11) is 1.54. The molecule has 4 rings (SSSR count). The molecule has 0 fully saturated rings. The Labute approximate surface area is 195 Å². The molecule has 3 heterocycles. The number of aromatic nitrogens is 4. The van der Waals surface area contributed by atoms with Gasteiger partial charge < -0.3 is 9.47 Å². The normalized spacial score (nSPS) is 11.0. The van der Waals surface area contributed by atoms with Gasteiger partial charge in [-0.3, -0.25) is 19.5 Å². The van der Waals surface area contributed by atoms with Crippen LogP contribution in [-0.4, -0.2) is 38.7 Å². The van der Waals surface area contributed by atoms with Crippen LogP contribution < -0.4 is 10.9 Å². The molecule has 1 N–H and O–H groups in total. The minimum atomic E-state index is -0.522. The quantitative estimate of drug-likeness (QED) is 0.378. The van der Waals surface area contributed by atoms with Gasteiger partial charge >= 0.3 is 5.97 Å². The van der Waals surface area contributed by atoms with Crippen LogP contribution in [-0.2, 0) is 34.0 Å². The number of thiophene rings is 1. The van der Waals surface area contributed by atoms with Crippen LogP contribution in [0.4, 0.5) is 5.13 Å². The molecule has 10 nitrogen and oxygen atoms in total. The molecule has 170 valence electrons. The molecule has 3 aromatic heterocycles. The largest absolute Gasteiger partial charge is 0.457 e. The fraction of sp³-hybridized carbons (Fsp3) is 0.238. The molecule has 0 unspecified atom stereocenters. The Kier molecular flexibility index (Phi) is 6.87. The lowest BCUT2D eigenvalue weighted by atomic mass is 10.2. The van der Waals surface area contributed by atoms with Crippen molar-refractivity contribution in [1.29, 1.82) is 0 Å². The molecule has 0 bridgehead atoms. The van der Waals surface area contributed by atoms with Gasteiger partial charge in [0.15, 0.2) is 0 Å². The second kappa shape index (κ2) is 9.98. The van der Waals surface area contributed by atoms with Crippen molar-refractivity contribution in [3.05, 3.63) is 68.0 Å². The number of carbonyl (C=O) groups excluding carboxylic acids is 2. The van der Waals surface area contributed by atoms with Crippen molar-refractivity contribution in [3.8, 4) is 0 Å². The van der Waals surface area contributed by atoms with Crippen molar-refractivity contribution < 1.29 is 19.1 Å². The van der Waals surface area contributed by atoms with Gasteiger partial charge in [0.1, 0.15) is 34.5 Å².